The quantitative estimate of drug-likeness (QED) is 0.614. The van der Waals surface area contributed by atoms with Crippen molar-refractivity contribution in [3.63, 3.8) is 0 Å². The highest BCUT2D eigenvalue weighted by Crippen LogP contribution is 2.50. The molecule has 0 aliphatic carbocycles. The normalized spacial score (nSPS) is 16.0. The first-order valence-electron chi connectivity index (χ1n) is 8.03. The van der Waals surface area contributed by atoms with Gasteiger partial charge in [0.2, 0.25) is 0 Å². The van der Waals surface area contributed by atoms with E-state index in [9.17, 15) is 4.79 Å². The van der Waals surface area contributed by atoms with Crippen LogP contribution in [0.25, 0.3) is 5.57 Å². The molecule has 0 spiro atoms. The van der Waals surface area contributed by atoms with Gasteiger partial charge >= 0.3 is 5.97 Å². The Kier molecular flexibility index (Phi) is 3.90. The summed E-state index contributed by atoms with van der Waals surface area (Å²) in [6.07, 6.45) is 0. The third kappa shape index (κ3) is 2.46. The molecule has 122 valence electrons. The van der Waals surface area contributed by atoms with Gasteiger partial charge in [0, 0.05) is 11.1 Å². The molecule has 0 radical (unpaired) electrons. The molecule has 0 saturated heterocycles. The Hall–Kier alpha value is -2.84. The monoisotopic (exact) mass is 346 g/mol. The van der Waals surface area contributed by atoms with Gasteiger partial charge in [0.05, 0.1) is 10.6 Å². The lowest BCUT2D eigenvalue weighted by Crippen LogP contribution is -2.29. The summed E-state index contributed by atoms with van der Waals surface area (Å²) in [5, 5.41) is 0.390. The largest absolute Gasteiger partial charge is 0.440 e. The molecule has 0 unspecified atom stereocenters. The molecule has 0 fully saturated rings. The van der Waals surface area contributed by atoms with Crippen LogP contribution < -0.4 is 0 Å². The molecular weight excluding hydrogens is 332 g/mol. The second kappa shape index (κ2) is 6.23. The van der Waals surface area contributed by atoms with Crippen LogP contribution in [-0.4, -0.2) is 5.97 Å². The molecule has 4 rings (SSSR count). The minimum absolute atomic E-state index is 0.390. The van der Waals surface area contributed by atoms with E-state index in [1.54, 1.807) is 0 Å². The van der Waals surface area contributed by atoms with Gasteiger partial charge in [-0.2, -0.15) is 0 Å². The first-order valence-corrected chi connectivity index (χ1v) is 8.41. The van der Waals surface area contributed by atoms with E-state index in [1.807, 2.05) is 91.0 Å². The molecule has 25 heavy (non-hydrogen) atoms. The number of halogens is 1. The van der Waals surface area contributed by atoms with Crippen LogP contribution in [0.3, 0.4) is 0 Å². The van der Waals surface area contributed by atoms with Crippen LogP contribution in [0.15, 0.2) is 96.0 Å². The number of esters is 1. The molecule has 1 aliphatic rings. The lowest BCUT2D eigenvalue weighted by Gasteiger charge is -2.29. The van der Waals surface area contributed by atoms with E-state index in [0.717, 1.165) is 16.7 Å². The standard InChI is InChI=1S/C22H15ClO2/c23-20-19(16-10-4-1-5-11-16)21(24)25-22(20,17-12-6-2-7-13-17)18-14-8-3-9-15-18/h1-15H. The summed E-state index contributed by atoms with van der Waals surface area (Å²) in [6, 6.07) is 28.6. The number of hydrogen-bond donors (Lipinski definition) is 0. The molecule has 0 bridgehead atoms. The smallest absolute Gasteiger partial charge is 0.341 e. The van der Waals surface area contributed by atoms with Crippen molar-refractivity contribution in [2.24, 2.45) is 0 Å². The number of ether oxygens (including phenoxy) is 1. The molecule has 0 saturated carbocycles. The molecule has 3 aromatic carbocycles. The van der Waals surface area contributed by atoms with E-state index in [1.165, 1.54) is 0 Å². The van der Waals surface area contributed by atoms with Gasteiger partial charge in [-0.15, -0.1) is 0 Å². The van der Waals surface area contributed by atoms with Crippen molar-refractivity contribution >= 4 is 23.1 Å². The summed E-state index contributed by atoms with van der Waals surface area (Å²) in [5.74, 6) is -0.413. The van der Waals surface area contributed by atoms with Crippen molar-refractivity contribution < 1.29 is 9.53 Å². The van der Waals surface area contributed by atoms with Gasteiger partial charge in [-0.1, -0.05) is 103 Å². The minimum atomic E-state index is -1.12. The van der Waals surface area contributed by atoms with Crippen molar-refractivity contribution in [3.05, 3.63) is 113 Å². The van der Waals surface area contributed by atoms with E-state index >= 15 is 0 Å². The Balaban J connectivity index is 2.00. The molecule has 3 aromatic rings. The first kappa shape index (κ1) is 15.7. The van der Waals surface area contributed by atoms with Crippen LogP contribution in [0.1, 0.15) is 16.7 Å². The minimum Gasteiger partial charge on any atom is -0.440 e. The van der Waals surface area contributed by atoms with Crippen LogP contribution in [0.4, 0.5) is 0 Å². The van der Waals surface area contributed by atoms with Gasteiger partial charge in [0.15, 0.2) is 5.60 Å². The summed E-state index contributed by atoms with van der Waals surface area (Å²) in [7, 11) is 0. The van der Waals surface area contributed by atoms with Crippen molar-refractivity contribution in [2.45, 2.75) is 5.60 Å². The maximum atomic E-state index is 12.8. The predicted molar refractivity (Wildman–Crippen MR) is 99.0 cm³/mol. The molecule has 0 amide bonds. The number of carbonyl (C=O) groups is 1. The molecule has 1 aliphatic heterocycles. The van der Waals surface area contributed by atoms with Crippen LogP contribution in [0.2, 0.25) is 0 Å². The van der Waals surface area contributed by atoms with Crippen LogP contribution in [-0.2, 0) is 15.1 Å². The summed E-state index contributed by atoms with van der Waals surface area (Å²) in [6.45, 7) is 0. The lowest BCUT2D eigenvalue weighted by molar-refractivity contribution is -0.142. The van der Waals surface area contributed by atoms with Crippen molar-refractivity contribution in [1.29, 1.82) is 0 Å². The Labute approximate surface area is 151 Å². The first-order chi connectivity index (χ1) is 12.2. The third-order valence-corrected chi connectivity index (χ3v) is 4.86. The second-order valence-corrected chi connectivity index (χ2v) is 6.24. The van der Waals surface area contributed by atoms with E-state index in [-0.39, 0.29) is 0 Å². The van der Waals surface area contributed by atoms with Gasteiger partial charge in [-0.05, 0) is 5.56 Å². The molecule has 1 heterocycles. The molecule has 3 heteroatoms. The van der Waals surface area contributed by atoms with Gasteiger partial charge in [0.25, 0.3) is 0 Å². The van der Waals surface area contributed by atoms with Crippen LogP contribution in [0.5, 0.6) is 0 Å². The fourth-order valence-corrected chi connectivity index (χ4v) is 3.68. The highest BCUT2D eigenvalue weighted by molar-refractivity contribution is 6.41. The molecular formula is C22H15ClO2. The zero-order valence-electron chi connectivity index (χ0n) is 13.4. The molecule has 0 aromatic heterocycles. The average molecular weight is 347 g/mol. The van der Waals surface area contributed by atoms with Gasteiger partial charge < -0.3 is 4.74 Å². The number of cyclic esters (lactones) is 1. The average Bonchev–Trinajstić information content (AvgIpc) is 2.95. The number of benzene rings is 3. The van der Waals surface area contributed by atoms with Crippen LogP contribution >= 0.6 is 11.6 Å². The fourth-order valence-electron chi connectivity index (χ4n) is 3.23. The molecule has 0 atom stereocenters. The van der Waals surface area contributed by atoms with E-state index < -0.39 is 11.6 Å². The van der Waals surface area contributed by atoms with Gasteiger partial charge in [-0.3, -0.25) is 0 Å². The third-order valence-electron chi connectivity index (χ3n) is 4.40. The Morgan fingerprint density at radius 3 is 1.60 bits per heavy atom. The van der Waals surface area contributed by atoms with Crippen molar-refractivity contribution in [2.75, 3.05) is 0 Å². The van der Waals surface area contributed by atoms with E-state index in [4.69, 9.17) is 16.3 Å². The Morgan fingerprint density at radius 1 is 0.680 bits per heavy atom. The highest BCUT2D eigenvalue weighted by Gasteiger charge is 2.50. The maximum absolute atomic E-state index is 12.8. The number of carbonyl (C=O) groups excluding carboxylic acids is 1. The zero-order chi connectivity index (χ0) is 17.3. The predicted octanol–water partition coefficient (Wildman–Crippen LogP) is 5.14. The van der Waals surface area contributed by atoms with E-state index in [2.05, 4.69) is 0 Å². The van der Waals surface area contributed by atoms with Gasteiger partial charge in [0.1, 0.15) is 0 Å². The lowest BCUT2D eigenvalue weighted by atomic mass is 9.85. The fraction of sp³-hybridized carbons (Fsp3) is 0.0455. The number of rotatable bonds is 3. The van der Waals surface area contributed by atoms with Crippen molar-refractivity contribution in [1.82, 2.24) is 0 Å². The second-order valence-electron chi connectivity index (χ2n) is 5.86. The maximum Gasteiger partial charge on any atom is 0.341 e. The highest BCUT2D eigenvalue weighted by atomic mass is 35.5. The summed E-state index contributed by atoms with van der Waals surface area (Å²) >= 11 is 6.83. The van der Waals surface area contributed by atoms with E-state index in [0.29, 0.717) is 10.6 Å². The summed E-state index contributed by atoms with van der Waals surface area (Å²) in [5.41, 5.74) is 1.70. The Morgan fingerprint density at radius 2 is 1.12 bits per heavy atom. The SMILES string of the molecule is O=C1OC(c2ccccc2)(c2ccccc2)C(Cl)=C1c1ccccc1. The molecule has 0 N–H and O–H groups in total. The van der Waals surface area contributed by atoms with Gasteiger partial charge in [-0.25, -0.2) is 4.79 Å². The zero-order valence-corrected chi connectivity index (χ0v) is 14.1. The number of hydrogen-bond acceptors (Lipinski definition) is 2. The topological polar surface area (TPSA) is 26.3 Å². The summed E-state index contributed by atoms with van der Waals surface area (Å²) in [4.78, 5) is 12.8. The molecule has 2 nitrogen and oxygen atoms in total. The van der Waals surface area contributed by atoms with Crippen LogP contribution in [0, 0.1) is 0 Å². The Bertz CT molecular complexity index is 892. The van der Waals surface area contributed by atoms with Crippen molar-refractivity contribution in [3.8, 4) is 0 Å². The summed E-state index contributed by atoms with van der Waals surface area (Å²) < 4.78 is 5.96.